The van der Waals surface area contributed by atoms with Crippen LogP contribution in [0.2, 0.25) is 0 Å². The third kappa shape index (κ3) is 2.42. The van der Waals surface area contributed by atoms with Crippen molar-refractivity contribution in [2.45, 2.75) is 6.92 Å². The molecule has 0 saturated carbocycles. The van der Waals surface area contributed by atoms with Crippen LogP contribution in [0.1, 0.15) is 16.1 Å². The largest absolute Gasteiger partial charge is 0.496 e. The maximum Gasteiger partial charge on any atom is 0.262 e. The molecule has 6 heteroatoms. The molecule has 0 aliphatic heterocycles. The molecule has 0 aliphatic carbocycles. The van der Waals surface area contributed by atoms with Crippen molar-refractivity contribution in [2.24, 2.45) is 7.05 Å². The normalized spacial score (nSPS) is 10.3. The van der Waals surface area contributed by atoms with E-state index in [9.17, 15) is 9.18 Å². The molecule has 5 nitrogen and oxygen atoms in total. The molecule has 1 heterocycles. The van der Waals surface area contributed by atoms with Crippen LogP contribution in [0.25, 0.3) is 0 Å². The summed E-state index contributed by atoms with van der Waals surface area (Å²) in [6, 6.07) is 4.24. The molecule has 0 saturated heterocycles. The van der Waals surface area contributed by atoms with Crippen LogP contribution in [-0.4, -0.2) is 22.8 Å². The molecule has 0 aliphatic rings. The van der Waals surface area contributed by atoms with E-state index in [4.69, 9.17) is 4.74 Å². The molecule has 1 aromatic heterocycles. The number of ether oxygens (including phenoxy) is 1. The SMILES string of the molecule is COc1cccc(F)c1C(=O)Nc1cnn(C)c1C. The van der Waals surface area contributed by atoms with Crippen LogP contribution in [-0.2, 0) is 7.05 Å². The molecule has 100 valence electrons. The van der Waals surface area contributed by atoms with Crippen molar-refractivity contribution in [1.82, 2.24) is 9.78 Å². The molecule has 2 aromatic rings. The first-order valence-corrected chi connectivity index (χ1v) is 5.67. The van der Waals surface area contributed by atoms with E-state index in [-0.39, 0.29) is 11.3 Å². The van der Waals surface area contributed by atoms with Gasteiger partial charge in [0, 0.05) is 7.05 Å². The predicted octanol–water partition coefficient (Wildman–Crippen LogP) is 2.13. The van der Waals surface area contributed by atoms with E-state index in [0.717, 1.165) is 5.69 Å². The molecule has 1 N–H and O–H groups in total. The number of aromatic nitrogens is 2. The van der Waals surface area contributed by atoms with Crippen LogP contribution in [0.3, 0.4) is 0 Å². The second kappa shape index (κ2) is 5.09. The van der Waals surface area contributed by atoms with Gasteiger partial charge in [0.25, 0.3) is 5.91 Å². The van der Waals surface area contributed by atoms with Crippen LogP contribution in [0, 0.1) is 12.7 Å². The fourth-order valence-electron chi connectivity index (χ4n) is 1.70. The minimum Gasteiger partial charge on any atom is -0.496 e. The fourth-order valence-corrected chi connectivity index (χ4v) is 1.70. The van der Waals surface area contributed by atoms with Gasteiger partial charge in [-0.1, -0.05) is 6.07 Å². The molecule has 2 rings (SSSR count). The first kappa shape index (κ1) is 13.1. The van der Waals surface area contributed by atoms with Crippen molar-refractivity contribution in [2.75, 3.05) is 12.4 Å². The van der Waals surface area contributed by atoms with E-state index in [0.29, 0.717) is 5.69 Å². The van der Waals surface area contributed by atoms with Gasteiger partial charge < -0.3 is 10.1 Å². The van der Waals surface area contributed by atoms with Crippen LogP contribution < -0.4 is 10.1 Å². The molecular formula is C13H14FN3O2. The Morgan fingerprint density at radius 2 is 2.21 bits per heavy atom. The zero-order valence-electron chi connectivity index (χ0n) is 10.9. The van der Waals surface area contributed by atoms with Gasteiger partial charge in [0.2, 0.25) is 0 Å². The first-order chi connectivity index (χ1) is 9.04. The van der Waals surface area contributed by atoms with E-state index in [1.165, 1.54) is 31.5 Å². The average molecular weight is 263 g/mol. The predicted molar refractivity (Wildman–Crippen MR) is 68.9 cm³/mol. The van der Waals surface area contributed by atoms with Crippen molar-refractivity contribution < 1.29 is 13.9 Å². The van der Waals surface area contributed by atoms with Gasteiger partial charge in [0.05, 0.1) is 24.7 Å². The number of nitrogens with one attached hydrogen (secondary N) is 1. The highest BCUT2D eigenvalue weighted by molar-refractivity contribution is 6.06. The van der Waals surface area contributed by atoms with Gasteiger partial charge in [0.15, 0.2) is 0 Å². The summed E-state index contributed by atoms with van der Waals surface area (Å²) in [6.07, 6.45) is 1.51. The molecule has 0 unspecified atom stereocenters. The van der Waals surface area contributed by atoms with Gasteiger partial charge in [-0.05, 0) is 19.1 Å². The van der Waals surface area contributed by atoms with Gasteiger partial charge >= 0.3 is 0 Å². The highest BCUT2D eigenvalue weighted by atomic mass is 19.1. The number of benzene rings is 1. The Hall–Kier alpha value is -2.37. The summed E-state index contributed by atoms with van der Waals surface area (Å²) < 4.78 is 20.4. The van der Waals surface area contributed by atoms with Crippen molar-refractivity contribution in [1.29, 1.82) is 0 Å². The number of anilines is 1. The summed E-state index contributed by atoms with van der Waals surface area (Å²) in [6.45, 7) is 1.81. The topological polar surface area (TPSA) is 56.1 Å². The van der Waals surface area contributed by atoms with Gasteiger partial charge in [0.1, 0.15) is 17.1 Å². The van der Waals surface area contributed by atoms with E-state index in [2.05, 4.69) is 10.4 Å². The van der Waals surface area contributed by atoms with Gasteiger partial charge in [-0.2, -0.15) is 5.10 Å². The summed E-state index contributed by atoms with van der Waals surface area (Å²) in [7, 11) is 3.15. The fraction of sp³-hybridized carbons (Fsp3) is 0.231. The first-order valence-electron chi connectivity index (χ1n) is 5.67. The molecule has 0 bridgehead atoms. The van der Waals surface area contributed by atoms with Crippen LogP contribution in [0.15, 0.2) is 24.4 Å². The molecule has 0 spiro atoms. The average Bonchev–Trinajstić information content (AvgIpc) is 2.70. The van der Waals surface area contributed by atoms with Crippen LogP contribution in [0.4, 0.5) is 10.1 Å². The molecule has 0 fully saturated rings. The van der Waals surface area contributed by atoms with Crippen LogP contribution >= 0.6 is 0 Å². The van der Waals surface area contributed by atoms with E-state index < -0.39 is 11.7 Å². The number of halogens is 1. The molecule has 1 aromatic carbocycles. The summed E-state index contributed by atoms with van der Waals surface area (Å²) >= 11 is 0. The maximum atomic E-state index is 13.7. The minimum absolute atomic E-state index is 0.117. The van der Waals surface area contributed by atoms with Crippen molar-refractivity contribution in [3.05, 3.63) is 41.5 Å². The number of hydrogen-bond acceptors (Lipinski definition) is 3. The number of rotatable bonds is 3. The number of carbonyl (C=O) groups is 1. The van der Waals surface area contributed by atoms with E-state index >= 15 is 0 Å². The highest BCUT2D eigenvalue weighted by Crippen LogP contribution is 2.23. The van der Waals surface area contributed by atoms with Crippen molar-refractivity contribution in [3.63, 3.8) is 0 Å². The third-order valence-electron chi connectivity index (χ3n) is 2.91. The lowest BCUT2D eigenvalue weighted by atomic mass is 10.1. The van der Waals surface area contributed by atoms with E-state index in [1.807, 2.05) is 0 Å². The van der Waals surface area contributed by atoms with E-state index in [1.54, 1.807) is 18.7 Å². The monoisotopic (exact) mass is 263 g/mol. The third-order valence-corrected chi connectivity index (χ3v) is 2.91. The quantitative estimate of drug-likeness (QED) is 0.923. The summed E-state index contributed by atoms with van der Waals surface area (Å²) in [4.78, 5) is 12.1. The summed E-state index contributed by atoms with van der Waals surface area (Å²) in [5.41, 5.74) is 1.20. The Labute approximate surface area is 110 Å². The molecule has 1 amide bonds. The molecule has 0 atom stereocenters. The Balaban J connectivity index is 2.33. The zero-order chi connectivity index (χ0) is 14.0. The molecule has 19 heavy (non-hydrogen) atoms. The second-order valence-electron chi connectivity index (χ2n) is 4.04. The molecule has 0 radical (unpaired) electrons. The van der Waals surface area contributed by atoms with Gasteiger partial charge in [-0.3, -0.25) is 9.48 Å². The summed E-state index contributed by atoms with van der Waals surface area (Å²) in [5, 5.41) is 6.63. The Bertz CT molecular complexity index is 622. The zero-order valence-corrected chi connectivity index (χ0v) is 10.9. The lowest BCUT2D eigenvalue weighted by molar-refractivity contribution is 0.102. The number of nitrogens with zero attached hydrogens (tertiary/aromatic N) is 2. The molecular weight excluding hydrogens is 249 g/mol. The number of hydrogen-bond donors (Lipinski definition) is 1. The lowest BCUT2D eigenvalue weighted by Crippen LogP contribution is -2.15. The summed E-state index contributed by atoms with van der Waals surface area (Å²) in [5.74, 6) is -0.997. The number of methoxy groups -OCH3 is 1. The second-order valence-corrected chi connectivity index (χ2v) is 4.04. The number of carbonyl (C=O) groups excluding carboxylic acids is 1. The van der Waals surface area contributed by atoms with Crippen molar-refractivity contribution in [3.8, 4) is 5.75 Å². The van der Waals surface area contributed by atoms with Crippen molar-refractivity contribution >= 4 is 11.6 Å². The Kier molecular flexibility index (Phi) is 3.50. The Morgan fingerprint density at radius 1 is 1.47 bits per heavy atom. The smallest absolute Gasteiger partial charge is 0.262 e. The van der Waals surface area contributed by atoms with Gasteiger partial charge in [-0.15, -0.1) is 0 Å². The standard InChI is InChI=1S/C13H14FN3O2/c1-8-10(7-15-17(8)2)16-13(18)12-9(14)5-4-6-11(12)19-3/h4-7H,1-3H3,(H,16,18). The number of amides is 1. The van der Waals surface area contributed by atoms with Gasteiger partial charge in [-0.25, -0.2) is 4.39 Å². The lowest BCUT2D eigenvalue weighted by Gasteiger charge is -2.09. The minimum atomic E-state index is -0.626. The number of aryl methyl sites for hydroxylation is 1. The maximum absolute atomic E-state index is 13.7. The highest BCUT2D eigenvalue weighted by Gasteiger charge is 2.18. The van der Waals surface area contributed by atoms with Crippen LogP contribution in [0.5, 0.6) is 5.75 Å². The Morgan fingerprint density at radius 3 is 2.79 bits per heavy atom.